The standard InChI is InChI=1S/C66H73N4O.Pt/c1-61(2,3)46-27-30-57-56(38-46)55-29-28-53(41-58(55)70(57)60-39-47(31-32-67-60)62(4,5)6)71-54-37-48(63(7,8)9)34-51(40-54)68-42-59(64(10,11)12)69(43-68)52-35-49(65(13,14)44-23-19-17-20-24-44)33-50(36-52)66(15,16)45-25-21-18-22-26-45;/h17-39,42-43H,1-16H3;/q-3;. The summed E-state index contributed by atoms with van der Waals surface area (Å²) in [6.45, 7) is 38.8. The third-order valence-corrected chi connectivity index (χ3v) is 14.7. The molecule has 2 aromatic heterocycles. The molecule has 72 heavy (non-hydrogen) atoms. The third kappa shape index (κ3) is 10.2. The van der Waals surface area contributed by atoms with E-state index in [2.05, 4.69) is 278 Å². The number of rotatable bonds is 9. The molecule has 6 heteroatoms. The predicted octanol–water partition coefficient (Wildman–Crippen LogP) is 17.4. The molecule has 0 aliphatic carbocycles. The molecule has 0 fully saturated rings. The minimum absolute atomic E-state index is 0. The van der Waals surface area contributed by atoms with E-state index in [-0.39, 0.29) is 53.6 Å². The molecule has 0 unspecified atom stereocenters. The van der Waals surface area contributed by atoms with Crippen LogP contribution in [0.3, 0.4) is 0 Å². The number of pyridine rings is 1. The van der Waals surface area contributed by atoms with Gasteiger partial charge in [0.2, 0.25) is 0 Å². The molecule has 0 atom stereocenters. The summed E-state index contributed by atoms with van der Waals surface area (Å²) in [5.41, 5.74) is 13.0. The number of aromatic nitrogens is 2. The van der Waals surface area contributed by atoms with E-state index in [1.807, 2.05) is 12.3 Å². The van der Waals surface area contributed by atoms with Crippen molar-refractivity contribution in [3.63, 3.8) is 0 Å². The first kappa shape index (κ1) is 52.4. The average Bonchev–Trinajstić information content (AvgIpc) is 3.92. The maximum absolute atomic E-state index is 6.94. The summed E-state index contributed by atoms with van der Waals surface area (Å²) in [4.78, 5) is 9.58. The van der Waals surface area contributed by atoms with Crippen LogP contribution in [-0.2, 0) is 48.1 Å². The van der Waals surface area contributed by atoms with Gasteiger partial charge in [-0.1, -0.05) is 195 Å². The minimum Gasteiger partial charge on any atom is -0.509 e. The number of fused-ring (bicyclic) bond motifs is 3. The molecule has 0 amide bonds. The van der Waals surface area contributed by atoms with Gasteiger partial charge in [-0.3, -0.25) is 0 Å². The van der Waals surface area contributed by atoms with Crippen LogP contribution in [0.5, 0.6) is 11.5 Å². The normalized spacial score (nSPS) is 14.0. The zero-order valence-electron chi connectivity index (χ0n) is 45.4. The van der Waals surface area contributed by atoms with E-state index in [0.717, 1.165) is 39.2 Å². The van der Waals surface area contributed by atoms with Crippen LogP contribution in [0.2, 0.25) is 0 Å². The number of hydrogen-bond acceptors (Lipinski definition) is 4. The Hall–Kier alpha value is -5.90. The second-order valence-corrected chi connectivity index (χ2v) is 24.9. The zero-order valence-corrected chi connectivity index (χ0v) is 47.7. The predicted molar refractivity (Wildman–Crippen MR) is 299 cm³/mol. The van der Waals surface area contributed by atoms with Crippen molar-refractivity contribution >= 4 is 33.2 Å². The van der Waals surface area contributed by atoms with Crippen LogP contribution in [0.15, 0.2) is 152 Å². The molecule has 0 saturated heterocycles. The number of allylic oxidation sites excluding steroid dienone is 1. The Bertz CT molecular complexity index is 3230. The molecular weight excluding hydrogens is 1060 g/mol. The van der Waals surface area contributed by atoms with E-state index < -0.39 is 0 Å². The summed E-state index contributed by atoms with van der Waals surface area (Å²) in [5.74, 6) is 2.10. The Balaban J connectivity index is 0.00000693. The number of nitrogens with zero attached hydrogens (tertiary/aromatic N) is 4. The van der Waals surface area contributed by atoms with Crippen LogP contribution in [0.4, 0.5) is 11.4 Å². The molecule has 9 rings (SSSR count). The van der Waals surface area contributed by atoms with Crippen molar-refractivity contribution in [1.82, 2.24) is 9.55 Å². The van der Waals surface area contributed by atoms with Gasteiger partial charge in [-0.2, -0.15) is 6.07 Å². The van der Waals surface area contributed by atoms with Crippen LogP contribution in [0, 0.1) is 24.2 Å². The molecule has 5 nitrogen and oxygen atoms in total. The van der Waals surface area contributed by atoms with E-state index in [0.29, 0.717) is 11.5 Å². The average molecular weight is 1130 g/mol. The molecule has 0 bridgehead atoms. The summed E-state index contributed by atoms with van der Waals surface area (Å²) in [6, 6.07) is 56.2. The van der Waals surface area contributed by atoms with Crippen LogP contribution in [-0.4, -0.2) is 9.55 Å². The Morgan fingerprint density at radius 3 is 1.60 bits per heavy atom. The maximum Gasteiger partial charge on any atom is 0.135 e. The molecule has 0 radical (unpaired) electrons. The SMILES string of the molecule is CC(C)(C)C1=CN(c2[c-]c(Oc3[c-]c4c(cc3)c3cc(C(C)(C)C)ccc3n4-c3cc(C(C)(C)C)ccn3)cc(C(C)(C)C)c2)[CH-]N1c1cc(C(C)(C)c2ccccc2)cc(C(C)(C)c2ccccc2)c1.[Pt]. The van der Waals surface area contributed by atoms with Gasteiger partial charge in [-0.05, 0) is 91.5 Å². The topological polar surface area (TPSA) is 33.5 Å². The number of hydrogen-bond donors (Lipinski definition) is 0. The van der Waals surface area contributed by atoms with Gasteiger partial charge in [0.15, 0.2) is 0 Å². The van der Waals surface area contributed by atoms with Gasteiger partial charge in [0, 0.05) is 71.9 Å². The first-order valence-corrected chi connectivity index (χ1v) is 25.4. The number of anilines is 2. The van der Waals surface area contributed by atoms with Gasteiger partial charge in [0.1, 0.15) is 5.82 Å². The first-order chi connectivity index (χ1) is 33.2. The Labute approximate surface area is 445 Å². The molecule has 0 N–H and O–H groups in total. The molecule has 3 heterocycles. The van der Waals surface area contributed by atoms with Crippen molar-refractivity contribution in [1.29, 1.82) is 0 Å². The van der Waals surface area contributed by atoms with Crippen molar-refractivity contribution in [2.24, 2.45) is 5.41 Å². The second kappa shape index (κ2) is 18.9. The summed E-state index contributed by atoms with van der Waals surface area (Å²) < 4.78 is 9.19. The molecule has 1 aliphatic heterocycles. The fourth-order valence-corrected chi connectivity index (χ4v) is 9.79. The fraction of sp³-hybridized carbons (Fsp3) is 0.333. The quantitative estimate of drug-likeness (QED) is 0.135. The smallest absolute Gasteiger partial charge is 0.135 e. The van der Waals surface area contributed by atoms with Crippen molar-refractivity contribution in [3.05, 3.63) is 209 Å². The molecular formula is C66H73N4OPt-3. The fourth-order valence-electron chi connectivity index (χ4n) is 9.79. The molecule has 0 spiro atoms. The van der Waals surface area contributed by atoms with Crippen LogP contribution in [0.25, 0.3) is 27.6 Å². The molecule has 376 valence electrons. The largest absolute Gasteiger partial charge is 0.509 e. The van der Waals surface area contributed by atoms with Crippen LogP contribution >= 0.6 is 0 Å². The summed E-state index contributed by atoms with van der Waals surface area (Å²) in [5, 5.41) is 2.27. The maximum atomic E-state index is 6.94. The van der Waals surface area contributed by atoms with E-state index in [4.69, 9.17) is 9.72 Å². The zero-order chi connectivity index (χ0) is 51.1. The van der Waals surface area contributed by atoms with E-state index in [1.54, 1.807) is 0 Å². The summed E-state index contributed by atoms with van der Waals surface area (Å²) in [7, 11) is 0. The van der Waals surface area contributed by atoms with Gasteiger partial charge < -0.3 is 19.1 Å². The van der Waals surface area contributed by atoms with E-state index in [1.165, 1.54) is 44.5 Å². The van der Waals surface area contributed by atoms with Crippen molar-refractivity contribution in [3.8, 4) is 17.3 Å². The van der Waals surface area contributed by atoms with Crippen molar-refractivity contribution < 1.29 is 25.8 Å². The second-order valence-electron chi connectivity index (χ2n) is 24.9. The molecule has 1 aliphatic rings. The van der Waals surface area contributed by atoms with Crippen LogP contribution in [0.1, 0.15) is 150 Å². The van der Waals surface area contributed by atoms with Gasteiger partial charge in [-0.15, -0.1) is 53.6 Å². The van der Waals surface area contributed by atoms with Crippen molar-refractivity contribution in [2.45, 2.75) is 138 Å². The molecule has 0 saturated carbocycles. The van der Waals surface area contributed by atoms with E-state index >= 15 is 0 Å². The molecule has 8 aromatic rings. The van der Waals surface area contributed by atoms with Gasteiger partial charge >= 0.3 is 0 Å². The summed E-state index contributed by atoms with van der Waals surface area (Å²) in [6.07, 6.45) is 4.20. The Kier molecular flexibility index (Phi) is 13.7. The Morgan fingerprint density at radius 2 is 1.04 bits per heavy atom. The monoisotopic (exact) mass is 1130 g/mol. The van der Waals surface area contributed by atoms with Gasteiger partial charge in [-0.25, -0.2) is 4.98 Å². The van der Waals surface area contributed by atoms with Gasteiger partial charge in [0.25, 0.3) is 0 Å². The Morgan fingerprint density at radius 1 is 0.472 bits per heavy atom. The summed E-state index contributed by atoms with van der Waals surface area (Å²) >= 11 is 0. The minimum atomic E-state index is -0.262. The molecule has 6 aromatic carbocycles. The number of benzene rings is 6. The third-order valence-electron chi connectivity index (χ3n) is 14.7. The van der Waals surface area contributed by atoms with Crippen molar-refractivity contribution in [2.75, 3.05) is 9.80 Å². The van der Waals surface area contributed by atoms with Crippen LogP contribution < -0.4 is 14.5 Å². The van der Waals surface area contributed by atoms with Gasteiger partial charge in [0.05, 0.1) is 0 Å². The number of ether oxygens (including phenoxy) is 1. The van der Waals surface area contributed by atoms with E-state index in [9.17, 15) is 0 Å². The first-order valence-electron chi connectivity index (χ1n) is 25.4.